The van der Waals surface area contributed by atoms with Crippen LogP contribution in [0.5, 0.6) is 0 Å². The Morgan fingerprint density at radius 3 is 2.57 bits per heavy atom. The summed E-state index contributed by atoms with van der Waals surface area (Å²) in [6.45, 7) is 7.02. The molecule has 0 bridgehead atoms. The fraction of sp³-hybridized carbons (Fsp3) is 0.238. The maximum Gasteiger partial charge on any atom is 0.230 e. The summed E-state index contributed by atoms with van der Waals surface area (Å²) in [5.74, 6) is 0.584. The Kier molecular flexibility index (Phi) is 4.55. The Balaban J connectivity index is 1.83. The molecule has 4 rings (SSSR count). The molecular formula is C21H19FN4OS. The van der Waals surface area contributed by atoms with Gasteiger partial charge in [-0.1, -0.05) is 26.8 Å². The van der Waals surface area contributed by atoms with Crippen LogP contribution in [-0.4, -0.2) is 28.1 Å². The Bertz CT molecular complexity index is 1120. The van der Waals surface area contributed by atoms with Crippen LogP contribution in [-0.2, 0) is 5.41 Å². The number of nitrogens with zero attached hydrogens (tertiary/aromatic N) is 3. The first kappa shape index (κ1) is 18.4. The third kappa shape index (κ3) is 3.57. The van der Waals surface area contributed by atoms with E-state index in [1.165, 1.54) is 24.3 Å². The van der Waals surface area contributed by atoms with Crippen LogP contribution < -0.4 is 5.32 Å². The molecule has 28 heavy (non-hydrogen) atoms. The standard InChI is InChI=1S/C21H19FN4OS/c1-21(2,3)15-11-14-18(28-15)20(25-16-5-4-10-23-16)26-19(24-14)17(27)12-6-8-13(22)9-7-12/h4-9,11H,10H2,1-3H3,(H,23,24,25,26). The molecule has 1 aliphatic heterocycles. The van der Waals surface area contributed by atoms with Crippen LogP contribution in [0, 0.1) is 5.82 Å². The van der Waals surface area contributed by atoms with E-state index in [1.54, 1.807) is 11.3 Å². The van der Waals surface area contributed by atoms with Crippen LogP contribution in [0.4, 0.5) is 10.2 Å². The number of aliphatic imine (C=N–C) groups is 1. The van der Waals surface area contributed by atoms with Gasteiger partial charge in [-0.15, -0.1) is 11.3 Å². The monoisotopic (exact) mass is 394 g/mol. The van der Waals surface area contributed by atoms with Gasteiger partial charge in [-0.3, -0.25) is 9.79 Å². The number of hydrogen-bond donors (Lipinski definition) is 1. The lowest BCUT2D eigenvalue weighted by molar-refractivity contribution is 0.103. The zero-order valence-electron chi connectivity index (χ0n) is 15.8. The van der Waals surface area contributed by atoms with Crippen molar-refractivity contribution in [2.45, 2.75) is 26.2 Å². The zero-order valence-corrected chi connectivity index (χ0v) is 16.6. The maximum absolute atomic E-state index is 13.2. The molecule has 0 atom stereocenters. The summed E-state index contributed by atoms with van der Waals surface area (Å²) in [5, 5.41) is 3.21. The number of anilines is 1. The van der Waals surface area contributed by atoms with E-state index >= 15 is 0 Å². The van der Waals surface area contributed by atoms with Crippen molar-refractivity contribution < 1.29 is 9.18 Å². The van der Waals surface area contributed by atoms with Crippen molar-refractivity contribution in [3.05, 3.63) is 64.6 Å². The van der Waals surface area contributed by atoms with E-state index in [4.69, 9.17) is 0 Å². The van der Waals surface area contributed by atoms with Gasteiger partial charge in [0.25, 0.3) is 0 Å². The second-order valence-electron chi connectivity index (χ2n) is 7.56. The van der Waals surface area contributed by atoms with E-state index in [9.17, 15) is 9.18 Å². The van der Waals surface area contributed by atoms with E-state index in [1.807, 2.05) is 18.2 Å². The highest BCUT2D eigenvalue weighted by atomic mass is 32.1. The third-order valence-corrected chi connectivity index (χ3v) is 5.87. The molecule has 3 aromatic rings. The van der Waals surface area contributed by atoms with Crippen molar-refractivity contribution in [1.82, 2.24) is 9.97 Å². The first-order valence-corrected chi connectivity index (χ1v) is 9.73. The fourth-order valence-corrected chi connectivity index (χ4v) is 3.89. The molecule has 1 aromatic carbocycles. The minimum atomic E-state index is -0.394. The van der Waals surface area contributed by atoms with Crippen molar-refractivity contribution in [1.29, 1.82) is 0 Å². The molecule has 0 amide bonds. The van der Waals surface area contributed by atoms with Gasteiger partial charge >= 0.3 is 0 Å². The number of fused-ring (bicyclic) bond motifs is 1. The molecule has 0 fully saturated rings. The summed E-state index contributed by atoms with van der Waals surface area (Å²) in [6, 6.07) is 7.39. The molecule has 1 N–H and O–H groups in total. The number of thiophene rings is 1. The van der Waals surface area contributed by atoms with Gasteiger partial charge in [0.1, 0.15) is 11.7 Å². The molecule has 3 heterocycles. The predicted molar refractivity (Wildman–Crippen MR) is 111 cm³/mol. The molecule has 142 valence electrons. The smallest absolute Gasteiger partial charge is 0.230 e. The first-order chi connectivity index (χ1) is 13.3. The largest absolute Gasteiger partial charge is 0.324 e. The van der Waals surface area contributed by atoms with Crippen LogP contribution in [0.15, 0.2) is 47.5 Å². The molecule has 1 aliphatic rings. The number of carbonyl (C=O) groups is 1. The number of aromatic nitrogens is 2. The van der Waals surface area contributed by atoms with Gasteiger partial charge in [0.15, 0.2) is 5.82 Å². The molecule has 7 heteroatoms. The highest BCUT2D eigenvalue weighted by Crippen LogP contribution is 2.36. The van der Waals surface area contributed by atoms with E-state index in [-0.39, 0.29) is 17.0 Å². The normalized spacial score (nSPS) is 13.8. The number of benzene rings is 1. The Morgan fingerprint density at radius 2 is 1.93 bits per heavy atom. The van der Waals surface area contributed by atoms with Crippen LogP contribution in [0.1, 0.15) is 41.8 Å². The second-order valence-corrected chi connectivity index (χ2v) is 8.61. The minimum absolute atomic E-state index is 0.0471. The van der Waals surface area contributed by atoms with E-state index in [2.05, 4.69) is 41.0 Å². The van der Waals surface area contributed by atoms with Crippen molar-refractivity contribution in [3.8, 4) is 0 Å². The SMILES string of the molecule is CC(C)(C)c1cc2nc(C(=O)c3ccc(F)cc3)nc(NC3=NCC=C3)c2s1. The van der Waals surface area contributed by atoms with Crippen molar-refractivity contribution in [2.24, 2.45) is 4.99 Å². The van der Waals surface area contributed by atoms with E-state index in [0.29, 0.717) is 29.3 Å². The molecule has 0 saturated heterocycles. The highest BCUT2D eigenvalue weighted by Gasteiger charge is 2.22. The molecule has 0 radical (unpaired) electrons. The summed E-state index contributed by atoms with van der Waals surface area (Å²) in [7, 11) is 0. The fourth-order valence-electron chi connectivity index (χ4n) is 2.79. The molecule has 0 aliphatic carbocycles. The summed E-state index contributed by atoms with van der Waals surface area (Å²) in [6.07, 6.45) is 3.83. The Morgan fingerprint density at radius 1 is 1.18 bits per heavy atom. The molecular weight excluding hydrogens is 375 g/mol. The predicted octanol–water partition coefficient (Wildman–Crippen LogP) is 4.74. The van der Waals surface area contributed by atoms with Crippen LogP contribution in [0.3, 0.4) is 0 Å². The second kappa shape index (κ2) is 6.91. The van der Waals surface area contributed by atoms with Gasteiger partial charge in [-0.2, -0.15) is 0 Å². The molecule has 0 spiro atoms. The number of nitrogens with one attached hydrogen (secondary N) is 1. The number of rotatable bonds is 3. The van der Waals surface area contributed by atoms with Gasteiger partial charge < -0.3 is 5.32 Å². The van der Waals surface area contributed by atoms with Crippen molar-refractivity contribution >= 4 is 39.0 Å². The highest BCUT2D eigenvalue weighted by molar-refractivity contribution is 7.19. The van der Waals surface area contributed by atoms with Crippen LogP contribution in [0.25, 0.3) is 10.2 Å². The number of carbonyl (C=O) groups excluding carboxylic acids is 1. The number of ketones is 1. The first-order valence-electron chi connectivity index (χ1n) is 8.91. The van der Waals surface area contributed by atoms with Gasteiger partial charge in [0, 0.05) is 10.4 Å². The summed E-state index contributed by atoms with van der Waals surface area (Å²) >= 11 is 1.60. The zero-order chi connectivity index (χ0) is 19.9. The van der Waals surface area contributed by atoms with E-state index < -0.39 is 5.82 Å². The number of amidine groups is 1. The quantitative estimate of drug-likeness (QED) is 0.652. The Labute approximate surface area is 166 Å². The molecule has 0 saturated carbocycles. The summed E-state index contributed by atoms with van der Waals surface area (Å²) in [5.41, 5.74) is 1.01. The van der Waals surface area contributed by atoms with Gasteiger partial charge in [0.05, 0.1) is 16.8 Å². The molecule has 5 nitrogen and oxygen atoms in total. The maximum atomic E-state index is 13.2. The number of hydrogen-bond acceptors (Lipinski definition) is 6. The average Bonchev–Trinajstić information content (AvgIpc) is 3.30. The third-order valence-electron chi connectivity index (χ3n) is 4.31. The van der Waals surface area contributed by atoms with Gasteiger partial charge in [0.2, 0.25) is 11.6 Å². The van der Waals surface area contributed by atoms with Crippen LogP contribution >= 0.6 is 11.3 Å². The van der Waals surface area contributed by atoms with Gasteiger partial charge in [-0.05, 0) is 41.8 Å². The lowest BCUT2D eigenvalue weighted by atomic mass is 9.95. The summed E-state index contributed by atoms with van der Waals surface area (Å²) < 4.78 is 14.1. The lowest BCUT2D eigenvalue weighted by Crippen LogP contribution is -2.13. The number of halogens is 1. The molecule has 0 unspecified atom stereocenters. The lowest BCUT2D eigenvalue weighted by Gasteiger charge is -2.14. The van der Waals surface area contributed by atoms with Gasteiger partial charge in [-0.25, -0.2) is 14.4 Å². The average molecular weight is 394 g/mol. The summed E-state index contributed by atoms with van der Waals surface area (Å²) in [4.78, 5) is 27.4. The van der Waals surface area contributed by atoms with Crippen LogP contribution in [0.2, 0.25) is 0 Å². The van der Waals surface area contributed by atoms with Crippen molar-refractivity contribution in [3.63, 3.8) is 0 Å². The van der Waals surface area contributed by atoms with E-state index in [0.717, 1.165) is 9.58 Å². The Hall–Kier alpha value is -2.93. The minimum Gasteiger partial charge on any atom is -0.324 e. The topological polar surface area (TPSA) is 67.2 Å². The van der Waals surface area contributed by atoms with Crippen molar-refractivity contribution in [2.75, 3.05) is 11.9 Å². The molecule has 2 aromatic heterocycles.